The highest BCUT2D eigenvalue weighted by Gasteiger charge is 2.23. The van der Waals surface area contributed by atoms with Crippen LogP contribution in [0.5, 0.6) is 5.75 Å². The van der Waals surface area contributed by atoms with E-state index in [2.05, 4.69) is 31.4 Å². The predicted molar refractivity (Wildman–Crippen MR) is 105 cm³/mol. The van der Waals surface area contributed by atoms with Gasteiger partial charge in [0.1, 0.15) is 5.75 Å². The van der Waals surface area contributed by atoms with E-state index in [1.165, 1.54) is 6.92 Å². The molecular weight excluding hydrogens is 360 g/mol. The van der Waals surface area contributed by atoms with Gasteiger partial charge in [-0.15, -0.1) is 0 Å². The summed E-state index contributed by atoms with van der Waals surface area (Å²) in [6, 6.07) is 7.01. The second-order valence-electron chi connectivity index (χ2n) is 8.11. The topological polar surface area (TPSA) is 93.7 Å². The van der Waals surface area contributed by atoms with Crippen LogP contribution in [-0.4, -0.2) is 36.7 Å². The Labute approximate surface area is 166 Å². The van der Waals surface area contributed by atoms with Gasteiger partial charge in [0.05, 0.1) is 0 Å². The van der Waals surface area contributed by atoms with E-state index in [1.807, 2.05) is 18.2 Å². The molecule has 0 heterocycles. The second-order valence-corrected chi connectivity index (χ2v) is 8.11. The molecule has 0 bridgehead atoms. The Morgan fingerprint density at radius 1 is 1.14 bits per heavy atom. The molecular formula is C21H30N2O5. The minimum Gasteiger partial charge on any atom is -0.482 e. The highest BCUT2D eigenvalue weighted by Crippen LogP contribution is 2.30. The third kappa shape index (κ3) is 6.55. The number of hydrogen-bond acceptors (Lipinski definition) is 5. The van der Waals surface area contributed by atoms with Crippen molar-refractivity contribution in [2.75, 3.05) is 6.61 Å². The molecule has 0 saturated heterocycles. The van der Waals surface area contributed by atoms with Crippen molar-refractivity contribution in [2.24, 2.45) is 0 Å². The van der Waals surface area contributed by atoms with Crippen molar-refractivity contribution < 1.29 is 23.9 Å². The Morgan fingerprint density at radius 3 is 2.43 bits per heavy atom. The van der Waals surface area contributed by atoms with Crippen molar-refractivity contribution in [3.8, 4) is 5.75 Å². The summed E-state index contributed by atoms with van der Waals surface area (Å²) in [7, 11) is 0. The summed E-state index contributed by atoms with van der Waals surface area (Å²) >= 11 is 0. The highest BCUT2D eigenvalue weighted by molar-refractivity contribution is 5.97. The van der Waals surface area contributed by atoms with Gasteiger partial charge in [0.25, 0.3) is 5.91 Å². The Bertz CT molecular complexity index is 705. The van der Waals surface area contributed by atoms with Crippen LogP contribution in [0, 0.1) is 0 Å². The van der Waals surface area contributed by atoms with Gasteiger partial charge < -0.3 is 14.8 Å². The van der Waals surface area contributed by atoms with E-state index in [0.717, 1.165) is 31.2 Å². The second kappa shape index (κ2) is 9.57. The van der Waals surface area contributed by atoms with Gasteiger partial charge in [-0.3, -0.25) is 10.1 Å². The largest absolute Gasteiger partial charge is 0.482 e. The number of imide groups is 1. The van der Waals surface area contributed by atoms with Crippen LogP contribution in [-0.2, 0) is 19.7 Å². The molecule has 1 aromatic carbocycles. The lowest BCUT2D eigenvalue weighted by Gasteiger charge is -2.22. The van der Waals surface area contributed by atoms with Gasteiger partial charge in [-0.2, -0.15) is 0 Å². The molecule has 2 N–H and O–H groups in total. The van der Waals surface area contributed by atoms with Crippen LogP contribution in [0.15, 0.2) is 24.3 Å². The smallest absolute Gasteiger partial charge is 0.344 e. The molecule has 0 aromatic heterocycles. The summed E-state index contributed by atoms with van der Waals surface area (Å²) in [5.41, 5.74) is 0.831. The fourth-order valence-corrected chi connectivity index (χ4v) is 3.14. The van der Waals surface area contributed by atoms with E-state index in [-0.39, 0.29) is 18.1 Å². The van der Waals surface area contributed by atoms with Crippen molar-refractivity contribution in [1.29, 1.82) is 0 Å². The number of nitrogens with one attached hydrogen (secondary N) is 2. The maximum absolute atomic E-state index is 12.0. The normalized spacial score (nSPS) is 15.6. The average molecular weight is 390 g/mol. The van der Waals surface area contributed by atoms with E-state index >= 15 is 0 Å². The molecule has 0 unspecified atom stereocenters. The number of ether oxygens (including phenoxy) is 2. The maximum atomic E-state index is 12.0. The van der Waals surface area contributed by atoms with Crippen LogP contribution in [0.4, 0.5) is 4.79 Å². The zero-order valence-electron chi connectivity index (χ0n) is 17.0. The lowest BCUT2D eigenvalue weighted by molar-refractivity contribution is -0.156. The Morgan fingerprint density at radius 2 is 1.79 bits per heavy atom. The standard InChI is InChI=1S/C21H30N2O5/c1-14(19(25)23-20(26)22-15-9-5-6-10-15)28-18(24)13-27-17-12-8-7-11-16(17)21(2,3)4/h7-8,11-12,14-15H,5-6,9-10,13H2,1-4H3,(H2,22,23,25,26)/t14-/m1/s1. The molecule has 7 nitrogen and oxygen atoms in total. The first-order valence-corrected chi connectivity index (χ1v) is 9.70. The minimum atomic E-state index is -1.09. The molecule has 1 aliphatic carbocycles. The zero-order chi connectivity index (χ0) is 20.7. The quantitative estimate of drug-likeness (QED) is 0.728. The number of esters is 1. The molecule has 0 radical (unpaired) electrons. The van der Waals surface area contributed by atoms with Gasteiger partial charge >= 0.3 is 12.0 Å². The number of carbonyl (C=O) groups excluding carboxylic acids is 3. The molecule has 154 valence electrons. The molecule has 1 aromatic rings. The van der Waals surface area contributed by atoms with E-state index in [4.69, 9.17) is 9.47 Å². The number of carbonyl (C=O) groups is 3. The molecule has 3 amide bonds. The van der Waals surface area contributed by atoms with Crippen LogP contribution in [0.1, 0.15) is 58.9 Å². The van der Waals surface area contributed by atoms with Crippen molar-refractivity contribution in [1.82, 2.24) is 10.6 Å². The van der Waals surface area contributed by atoms with Crippen molar-refractivity contribution in [2.45, 2.75) is 70.9 Å². The summed E-state index contributed by atoms with van der Waals surface area (Å²) < 4.78 is 10.7. The van der Waals surface area contributed by atoms with Crippen molar-refractivity contribution in [3.05, 3.63) is 29.8 Å². The van der Waals surface area contributed by atoms with E-state index in [0.29, 0.717) is 5.75 Å². The summed E-state index contributed by atoms with van der Waals surface area (Å²) in [6.45, 7) is 7.25. The monoisotopic (exact) mass is 390 g/mol. The molecule has 1 fully saturated rings. The Hall–Kier alpha value is -2.57. The van der Waals surface area contributed by atoms with Crippen LogP contribution in [0.25, 0.3) is 0 Å². The first kappa shape index (κ1) is 21.7. The summed E-state index contributed by atoms with van der Waals surface area (Å²) in [6.07, 6.45) is 2.89. The number of para-hydroxylation sites is 1. The van der Waals surface area contributed by atoms with Gasteiger partial charge in [-0.25, -0.2) is 9.59 Å². The summed E-state index contributed by atoms with van der Waals surface area (Å²) in [5, 5.41) is 4.96. The van der Waals surface area contributed by atoms with Crippen LogP contribution < -0.4 is 15.4 Å². The molecule has 7 heteroatoms. The average Bonchev–Trinajstić information content (AvgIpc) is 3.12. The molecule has 1 saturated carbocycles. The maximum Gasteiger partial charge on any atom is 0.344 e. The molecule has 2 rings (SSSR count). The lowest BCUT2D eigenvalue weighted by Crippen LogP contribution is -2.47. The first-order valence-electron chi connectivity index (χ1n) is 9.70. The number of urea groups is 1. The summed E-state index contributed by atoms with van der Waals surface area (Å²) in [5.74, 6) is -0.749. The van der Waals surface area contributed by atoms with E-state index < -0.39 is 24.0 Å². The fourth-order valence-electron chi connectivity index (χ4n) is 3.14. The molecule has 28 heavy (non-hydrogen) atoms. The van der Waals surface area contributed by atoms with Gasteiger partial charge in [0, 0.05) is 6.04 Å². The van der Waals surface area contributed by atoms with Gasteiger partial charge in [-0.1, -0.05) is 51.8 Å². The Balaban J connectivity index is 1.79. The van der Waals surface area contributed by atoms with Gasteiger partial charge in [-0.05, 0) is 36.8 Å². The van der Waals surface area contributed by atoms with Crippen molar-refractivity contribution >= 4 is 17.9 Å². The molecule has 1 aliphatic rings. The van der Waals surface area contributed by atoms with Crippen molar-refractivity contribution in [3.63, 3.8) is 0 Å². The van der Waals surface area contributed by atoms with Crippen LogP contribution >= 0.6 is 0 Å². The lowest BCUT2D eigenvalue weighted by atomic mass is 9.86. The molecule has 0 spiro atoms. The number of amides is 3. The molecule has 0 aliphatic heterocycles. The number of benzene rings is 1. The van der Waals surface area contributed by atoms with E-state index in [9.17, 15) is 14.4 Å². The fraction of sp³-hybridized carbons (Fsp3) is 0.571. The SMILES string of the molecule is C[C@@H](OC(=O)COc1ccccc1C(C)(C)C)C(=O)NC(=O)NC1CCCC1. The minimum absolute atomic E-state index is 0.0990. The molecule has 1 atom stereocenters. The van der Waals surface area contributed by atoms with Crippen LogP contribution in [0.2, 0.25) is 0 Å². The third-order valence-corrected chi connectivity index (χ3v) is 4.65. The highest BCUT2D eigenvalue weighted by atomic mass is 16.6. The Kier molecular flexibility index (Phi) is 7.43. The number of rotatable bonds is 6. The van der Waals surface area contributed by atoms with E-state index in [1.54, 1.807) is 6.07 Å². The zero-order valence-corrected chi connectivity index (χ0v) is 17.0. The first-order chi connectivity index (χ1) is 13.2. The predicted octanol–water partition coefficient (Wildman–Crippen LogP) is 3.06. The third-order valence-electron chi connectivity index (χ3n) is 4.65. The van der Waals surface area contributed by atoms with Gasteiger partial charge in [0.2, 0.25) is 0 Å². The van der Waals surface area contributed by atoms with Crippen LogP contribution in [0.3, 0.4) is 0 Å². The number of hydrogen-bond donors (Lipinski definition) is 2. The van der Waals surface area contributed by atoms with Gasteiger partial charge in [0.15, 0.2) is 12.7 Å². The summed E-state index contributed by atoms with van der Waals surface area (Å²) in [4.78, 5) is 35.9.